The maximum Gasteiger partial charge on any atom is 0.228 e. The molecule has 0 spiro atoms. The van der Waals surface area contributed by atoms with Crippen molar-refractivity contribution in [3.05, 3.63) is 12.2 Å². The number of allylic oxidation sites excluding steroid dienone is 1. The van der Waals surface area contributed by atoms with Crippen molar-refractivity contribution in [2.24, 2.45) is 17.4 Å². The Kier molecular flexibility index (Phi) is 9.63. The van der Waals surface area contributed by atoms with Crippen molar-refractivity contribution >= 4 is 11.8 Å². The summed E-state index contributed by atoms with van der Waals surface area (Å²) in [4.78, 5) is 30.1. The van der Waals surface area contributed by atoms with Crippen LogP contribution < -0.4 is 27.4 Å². The fourth-order valence-electron chi connectivity index (χ4n) is 5.49. The summed E-state index contributed by atoms with van der Waals surface area (Å²) < 4.78 is 13.5. The number of carbonyl (C=O) groups is 2. The van der Waals surface area contributed by atoms with Gasteiger partial charge in [0, 0.05) is 57.3 Å². The van der Waals surface area contributed by atoms with Crippen molar-refractivity contribution in [3.8, 4) is 0 Å². The van der Waals surface area contributed by atoms with Crippen molar-refractivity contribution in [1.29, 1.82) is 0 Å². The number of alkyl halides is 1. The summed E-state index contributed by atoms with van der Waals surface area (Å²) in [7, 11) is 0. The van der Waals surface area contributed by atoms with Crippen molar-refractivity contribution < 1.29 is 14.0 Å². The van der Waals surface area contributed by atoms with Crippen LogP contribution in [0.5, 0.6) is 0 Å². The molecule has 2 amide bonds. The van der Waals surface area contributed by atoms with Crippen LogP contribution in [0.25, 0.3) is 0 Å². The molecule has 0 bridgehead atoms. The zero-order valence-electron chi connectivity index (χ0n) is 20.0. The molecule has 3 heterocycles. The third-order valence-electron chi connectivity index (χ3n) is 7.14. The molecular formula is C23H42FN7O2. The lowest BCUT2D eigenvalue weighted by Gasteiger charge is -2.49. The first-order valence-corrected chi connectivity index (χ1v) is 12.4. The predicted molar refractivity (Wildman–Crippen MR) is 127 cm³/mol. The summed E-state index contributed by atoms with van der Waals surface area (Å²) >= 11 is 0. The van der Waals surface area contributed by atoms with E-state index in [1.54, 1.807) is 0 Å². The molecule has 3 fully saturated rings. The van der Waals surface area contributed by atoms with Gasteiger partial charge in [0.1, 0.15) is 6.17 Å². The van der Waals surface area contributed by atoms with Crippen LogP contribution in [0.15, 0.2) is 12.2 Å². The Labute approximate surface area is 196 Å². The van der Waals surface area contributed by atoms with E-state index in [4.69, 9.17) is 11.5 Å². The van der Waals surface area contributed by atoms with E-state index in [1.165, 1.54) is 6.92 Å². The SMILES string of the molecule is C/C=C/C(NCC(C)F)C(C(=O)NC1CNCCC1N1CCN2C(=O)CCCC2C1)C(N)N. The number of fused-ring (bicyclic) bond motifs is 1. The molecule has 0 saturated carbocycles. The van der Waals surface area contributed by atoms with Crippen LogP contribution in [0.1, 0.15) is 39.5 Å². The first-order valence-electron chi connectivity index (χ1n) is 12.4. The predicted octanol–water partition coefficient (Wildman–Crippen LogP) is -0.718. The number of amides is 2. The smallest absolute Gasteiger partial charge is 0.228 e. The fraction of sp³-hybridized carbons (Fsp3) is 0.826. The molecule has 0 aromatic heterocycles. The highest BCUT2D eigenvalue weighted by Gasteiger charge is 2.40. The summed E-state index contributed by atoms with van der Waals surface area (Å²) in [5.41, 5.74) is 12.1. The van der Waals surface area contributed by atoms with Crippen LogP contribution in [-0.2, 0) is 9.59 Å². The van der Waals surface area contributed by atoms with E-state index < -0.39 is 24.3 Å². The molecule has 6 atom stereocenters. The Morgan fingerprint density at radius 3 is 2.82 bits per heavy atom. The molecule has 0 aliphatic carbocycles. The zero-order valence-corrected chi connectivity index (χ0v) is 20.0. The highest BCUT2D eigenvalue weighted by Crippen LogP contribution is 2.25. The Bertz CT molecular complexity index is 690. The molecule has 3 aliphatic heterocycles. The van der Waals surface area contributed by atoms with Crippen molar-refractivity contribution in [1.82, 2.24) is 25.8 Å². The molecule has 3 saturated heterocycles. The maximum absolute atomic E-state index is 13.5. The van der Waals surface area contributed by atoms with Gasteiger partial charge in [0.2, 0.25) is 11.8 Å². The molecule has 188 valence electrons. The lowest BCUT2D eigenvalue weighted by Crippen LogP contribution is -2.67. The third-order valence-corrected chi connectivity index (χ3v) is 7.14. The fourth-order valence-corrected chi connectivity index (χ4v) is 5.49. The van der Waals surface area contributed by atoms with Crippen LogP contribution in [0, 0.1) is 5.92 Å². The second kappa shape index (κ2) is 12.2. The van der Waals surface area contributed by atoms with E-state index in [0.717, 1.165) is 45.4 Å². The third kappa shape index (κ3) is 6.73. The number of carbonyl (C=O) groups excluding carboxylic acids is 2. The molecule has 10 heteroatoms. The van der Waals surface area contributed by atoms with Gasteiger partial charge in [0.25, 0.3) is 0 Å². The van der Waals surface area contributed by atoms with E-state index in [0.29, 0.717) is 13.0 Å². The van der Waals surface area contributed by atoms with Crippen LogP contribution in [0.3, 0.4) is 0 Å². The second-order valence-corrected chi connectivity index (χ2v) is 9.65. The number of piperidine rings is 2. The van der Waals surface area contributed by atoms with Gasteiger partial charge < -0.3 is 32.3 Å². The van der Waals surface area contributed by atoms with Gasteiger partial charge in [0.15, 0.2) is 0 Å². The number of nitrogens with zero attached hydrogens (tertiary/aromatic N) is 2. The number of nitrogens with one attached hydrogen (secondary N) is 3. The van der Waals surface area contributed by atoms with Gasteiger partial charge in [-0.3, -0.25) is 14.5 Å². The Balaban J connectivity index is 1.68. The summed E-state index contributed by atoms with van der Waals surface area (Å²) in [6, 6.07) is -0.102. The number of hydrogen-bond donors (Lipinski definition) is 5. The first kappa shape index (κ1) is 26.0. The van der Waals surface area contributed by atoms with Gasteiger partial charge in [0.05, 0.1) is 18.1 Å². The number of piperazine rings is 1. The van der Waals surface area contributed by atoms with Gasteiger partial charge in [-0.15, -0.1) is 0 Å². The zero-order chi connectivity index (χ0) is 24.0. The molecule has 6 unspecified atom stereocenters. The van der Waals surface area contributed by atoms with Crippen LogP contribution in [-0.4, -0.2) is 97.4 Å². The van der Waals surface area contributed by atoms with E-state index in [2.05, 4.69) is 20.9 Å². The minimum Gasteiger partial charge on any atom is -0.350 e. The minimum atomic E-state index is -1.05. The molecule has 7 N–H and O–H groups in total. The van der Waals surface area contributed by atoms with Crippen LogP contribution in [0.4, 0.5) is 4.39 Å². The highest BCUT2D eigenvalue weighted by atomic mass is 19.1. The number of hydrogen-bond acceptors (Lipinski definition) is 7. The first-order chi connectivity index (χ1) is 15.8. The average molecular weight is 468 g/mol. The van der Waals surface area contributed by atoms with Gasteiger partial charge in [-0.05, 0) is 39.7 Å². The van der Waals surface area contributed by atoms with Gasteiger partial charge in [-0.2, -0.15) is 0 Å². The Hall–Kier alpha value is -1.59. The molecule has 0 aromatic rings. The Morgan fingerprint density at radius 2 is 2.12 bits per heavy atom. The van der Waals surface area contributed by atoms with Gasteiger partial charge in [-0.1, -0.05) is 12.2 Å². The topological polar surface area (TPSA) is 129 Å². The summed E-state index contributed by atoms with van der Waals surface area (Å²) in [6.45, 7) is 7.39. The maximum atomic E-state index is 13.5. The summed E-state index contributed by atoms with van der Waals surface area (Å²) in [5.74, 6) is -0.682. The molecule has 3 rings (SSSR count). The number of halogens is 1. The largest absolute Gasteiger partial charge is 0.350 e. The highest BCUT2D eigenvalue weighted by molar-refractivity contribution is 5.81. The minimum absolute atomic E-state index is 0.0929. The molecule has 3 aliphatic rings. The molecule has 0 radical (unpaired) electrons. The molecule has 9 nitrogen and oxygen atoms in total. The van der Waals surface area contributed by atoms with E-state index >= 15 is 0 Å². The van der Waals surface area contributed by atoms with Crippen LogP contribution >= 0.6 is 0 Å². The Morgan fingerprint density at radius 1 is 1.33 bits per heavy atom. The average Bonchev–Trinajstić information content (AvgIpc) is 2.77. The van der Waals surface area contributed by atoms with Crippen LogP contribution in [0.2, 0.25) is 0 Å². The second-order valence-electron chi connectivity index (χ2n) is 9.65. The quantitative estimate of drug-likeness (QED) is 0.224. The summed E-state index contributed by atoms with van der Waals surface area (Å²) in [5, 5.41) is 9.67. The number of rotatable bonds is 9. The lowest BCUT2D eigenvalue weighted by molar-refractivity contribution is -0.140. The lowest BCUT2D eigenvalue weighted by atomic mass is 9.91. The van der Waals surface area contributed by atoms with Gasteiger partial charge in [-0.25, -0.2) is 4.39 Å². The molecule has 0 aromatic carbocycles. The molecule has 33 heavy (non-hydrogen) atoms. The molecular weight excluding hydrogens is 425 g/mol. The van der Waals surface area contributed by atoms with Crippen molar-refractivity contribution in [3.63, 3.8) is 0 Å². The van der Waals surface area contributed by atoms with E-state index in [9.17, 15) is 14.0 Å². The van der Waals surface area contributed by atoms with Crippen molar-refractivity contribution in [2.75, 3.05) is 39.3 Å². The van der Waals surface area contributed by atoms with E-state index in [-0.39, 0.29) is 36.5 Å². The van der Waals surface area contributed by atoms with Crippen molar-refractivity contribution in [2.45, 2.75) is 76.0 Å². The monoisotopic (exact) mass is 467 g/mol. The number of nitrogens with two attached hydrogens (primary N) is 2. The standard InChI is InChI=1S/C23H42FN7O2/c1-3-5-17(28-12-15(2)24)21(22(25)26)23(33)29-18-13-27-9-8-19(18)30-10-11-31-16(14-30)6-4-7-20(31)32/h3,5,15-19,21-22,27-28H,4,6-14,25-26H2,1-2H3,(H,29,33)/b5-3+. The van der Waals surface area contributed by atoms with E-state index in [1.807, 2.05) is 24.0 Å². The van der Waals surface area contributed by atoms with Gasteiger partial charge >= 0.3 is 0 Å². The summed E-state index contributed by atoms with van der Waals surface area (Å²) in [6.07, 6.45) is 5.26. The normalized spacial score (nSPS) is 29.7.